The molecule has 11 nitrogen and oxygen atoms in total. The number of ketones is 1. The van der Waals surface area contributed by atoms with E-state index in [4.69, 9.17) is 4.84 Å². The van der Waals surface area contributed by atoms with Crippen LogP contribution in [0.5, 0.6) is 0 Å². The van der Waals surface area contributed by atoms with E-state index < -0.39 is 23.1 Å². The zero-order chi connectivity index (χ0) is 25.6. The van der Waals surface area contributed by atoms with Crippen molar-refractivity contribution in [3.63, 3.8) is 0 Å². The summed E-state index contributed by atoms with van der Waals surface area (Å²) in [4.78, 5) is 50.1. The van der Waals surface area contributed by atoms with E-state index in [0.717, 1.165) is 18.0 Å². The summed E-state index contributed by atoms with van der Waals surface area (Å²) in [6.07, 6.45) is 0.728. The van der Waals surface area contributed by atoms with E-state index in [-0.39, 0.29) is 42.2 Å². The summed E-state index contributed by atoms with van der Waals surface area (Å²) in [6, 6.07) is -0.358. The molecule has 0 aromatic carbocycles. The number of nitrogens with one attached hydrogen (secondary N) is 3. The maximum Gasteiger partial charge on any atom is 0.419 e. The minimum atomic E-state index is -4.49. The second-order valence-electron chi connectivity index (χ2n) is 7.93. The van der Waals surface area contributed by atoms with Crippen molar-refractivity contribution in [3.8, 4) is 0 Å². The van der Waals surface area contributed by atoms with Gasteiger partial charge in [0.05, 0.1) is 24.1 Å². The Kier molecular flexibility index (Phi) is 8.17. The summed E-state index contributed by atoms with van der Waals surface area (Å²) in [5.74, 6) is -0.599. The van der Waals surface area contributed by atoms with Gasteiger partial charge in [-0.2, -0.15) is 18.3 Å². The quantitative estimate of drug-likeness (QED) is 0.270. The lowest BCUT2D eigenvalue weighted by Gasteiger charge is -2.26. The van der Waals surface area contributed by atoms with E-state index in [1.54, 1.807) is 17.9 Å². The number of anilines is 2. The Bertz CT molecular complexity index is 1150. The number of carbonyl (C=O) groups is 2. The van der Waals surface area contributed by atoms with Crippen LogP contribution < -0.4 is 21.3 Å². The lowest BCUT2D eigenvalue weighted by atomic mass is 10.0. The molecule has 0 aliphatic carbocycles. The SMILES string of the molecule is CC(=O)c1c(NC(C)CONC(=O)CC2=CCN(c3ncc(C(F)(F)F)cn3)CC2)cn[nH]c1=O. The number of hydrogen-bond acceptors (Lipinski definition) is 9. The third-order valence-electron chi connectivity index (χ3n) is 5.07. The molecule has 0 bridgehead atoms. The van der Waals surface area contributed by atoms with Crippen molar-refractivity contribution in [2.24, 2.45) is 0 Å². The molecule has 1 unspecified atom stereocenters. The first kappa shape index (κ1) is 25.8. The number of Topliss-reactive ketones (excluding diaryl/α,β-unsaturated/α-hetero) is 1. The van der Waals surface area contributed by atoms with E-state index in [1.807, 2.05) is 0 Å². The Balaban J connectivity index is 1.43. The van der Waals surface area contributed by atoms with Crippen LogP contribution in [0.1, 0.15) is 42.6 Å². The van der Waals surface area contributed by atoms with Crippen LogP contribution in [0.2, 0.25) is 0 Å². The van der Waals surface area contributed by atoms with Gasteiger partial charge in [0.25, 0.3) is 5.56 Å². The first-order valence-electron chi connectivity index (χ1n) is 10.6. The lowest BCUT2D eigenvalue weighted by molar-refractivity contribution is -0.138. The van der Waals surface area contributed by atoms with E-state index in [9.17, 15) is 27.6 Å². The van der Waals surface area contributed by atoms with Crippen molar-refractivity contribution in [2.45, 2.75) is 38.9 Å². The van der Waals surface area contributed by atoms with Crippen LogP contribution in [0.4, 0.5) is 24.8 Å². The molecule has 1 aliphatic heterocycles. The zero-order valence-electron chi connectivity index (χ0n) is 19.0. The van der Waals surface area contributed by atoms with Gasteiger partial charge in [-0.15, -0.1) is 0 Å². The number of aromatic nitrogens is 4. The molecule has 1 aliphatic rings. The van der Waals surface area contributed by atoms with E-state index >= 15 is 0 Å². The maximum absolute atomic E-state index is 12.6. The molecule has 35 heavy (non-hydrogen) atoms. The monoisotopic (exact) mass is 495 g/mol. The van der Waals surface area contributed by atoms with Gasteiger partial charge in [0.15, 0.2) is 5.78 Å². The van der Waals surface area contributed by atoms with E-state index in [2.05, 4.69) is 31.0 Å². The number of H-pyrrole nitrogens is 1. The fourth-order valence-electron chi connectivity index (χ4n) is 3.34. The lowest BCUT2D eigenvalue weighted by Crippen LogP contribution is -2.33. The molecule has 3 heterocycles. The fraction of sp³-hybridized carbons (Fsp3) is 0.429. The normalized spacial score (nSPS) is 14.8. The molecule has 0 saturated heterocycles. The first-order valence-corrected chi connectivity index (χ1v) is 10.6. The summed E-state index contributed by atoms with van der Waals surface area (Å²) >= 11 is 0. The third kappa shape index (κ3) is 7.09. The number of hydrogen-bond donors (Lipinski definition) is 3. The molecule has 188 valence electrons. The molecule has 0 radical (unpaired) electrons. The average Bonchev–Trinajstić information content (AvgIpc) is 2.79. The van der Waals surface area contributed by atoms with Gasteiger partial charge in [0, 0.05) is 37.9 Å². The van der Waals surface area contributed by atoms with Gasteiger partial charge in [0.2, 0.25) is 11.9 Å². The third-order valence-corrected chi connectivity index (χ3v) is 5.07. The highest BCUT2D eigenvalue weighted by Gasteiger charge is 2.31. The minimum Gasteiger partial charge on any atom is -0.378 e. The molecule has 3 N–H and O–H groups in total. The van der Waals surface area contributed by atoms with Crippen LogP contribution in [-0.4, -0.2) is 57.6 Å². The van der Waals surface area contributed by atoms with Gasteiger partial charge >= 0.3 is 6.18 Å². The Morgan fingerprint density at radius 3 is 2.57 bits per heavy atom. The van der Waals surface area contributed by atoms with Crippen molar-refractivity contribution >= 4 is 23.3 Å². The molecule has 14 heteroatoms. The highest BCUT2D eigenvalue weighted by molar-refractivity contribution is 5.98. The Hall–Kier alpha value is -3.81. The first-order chi connectivity index (χ1) is 16.5. The fourth-order valence-corrected chi connectivity index (χ4v) is 3.34. The van der Waals surface area contributed by atoms with Gasteiger partial charge in [-0.25, -0.2) is 20.5 Å². The Labute approximate surface area is 197 Å². The standard InChI is InChI=1S/C21H24F3N7O4/c1-12(28-16-10-27-29-19(34)18(16)13(2)32)11-35-30-17(33)7-14-3-5-31(6-4-14)20-25-8-15(9-26-20)21(22,23)24/h3,8-10,12H,4-7,11H2,1-2H3,(H,30,33)(H2,28,29,34). The Morgan fingerprint density at radius 2 is 1.97 bits per heavy atom. The number of alkyl halides is 3. The van der Waals surface area contributed by atoms with Crippen molar-refractivity contribution in [2.75, 3.05) is 29.9 Å². The van der Waals surface area contributed by atoms with Crippen LogP contribution in [-0.2, 0) is 15.8 Å². The number of aromatic amines is 1. The van der Waals surface area contributed by atoms with E-state index in [1.165, 1.54) is 13.1 Å². The largest absolute Gasteiger partial charge is 0.419 e. The second kappa shape index (κ2) is 11.1. The molecule has 1 amide bonds. The number of halogens is 3. The molecule has 0 spiro atoms. The van der Waals surface area contributed by atoms with Gasteiger partial charge in [0.1, 0.15) is 5.56 Å². The van der Waals surface area contributed by atoms with Crippen molar-refractivity contribution < 1.29 is 27.6 Å². The summed E-state index contributed by atoms with van der Waals surface area (Å²) in [6.45, 7) is 3.87. The van der Waals surface area contributed by atoms with Crippen LogP contribution in [0.15, 0.2) is 35.0 Å². The summed E-state index contributed by atoms with van der Waals surface area (Å²) in [5.41, 5.74) is 1.89. The van der Waals surface area contributed by atoms with E-state index in [0.29, 0.717) is 19.5 Å². The van der Waals surface area contributed by atoms with Gasteiger partial charge in [-0.05, 0) is 20.3 Å². The number of rotatable bonds is 9. The van der Waals surface area contributed by atoms with Gasteiger partial charge in [-0.3, -0.25) is 19.2 Å². The molecule has 2 aromatic rings. The summed E-state index contributed by atoms with van der Waals surface area (Å²) in [7, 11) is 0. The number of hydroxylamine groups is 1. The summed E-state index contributed by atoms with van der Waals surface area (Å²) < 4.78 is 37.9. The highest BCUT2D eigenvalue weighted by Crippen LogP contribution is 2.28. The average molecular weight is 495 g/mol. The second-order valence-corrected chi connectivity index (χ2v) is 7.93. The van der Waals surface area contributed by atoms with Crippen LogP contribution in [0.3, 0.4) is 0 Å². The maximum atomic E-state index is 12.6. The zero-order valence-corrected chi connectivity index (χ0v) is 19.0. The van der Waals surface area contributed by atoms with Crippen molar-refractivity contribution in [1.29, 1.82) is 0 Å². The number of amides is 1. The smallest absolute Gasteiger partial charge is 0.378 e. The predicted molar refractivity (Wildman–Crippen MR) is 119 cm³/mol. The molecule has 1 atom stereocenters. The topological polar surface area (TPSA) is 142 Å². The molecule has 0 fully saturated rings. The summed E-state index contributed by atoms with van der Waals surface area (Å²) in [5, 5.41) is 8.82. The van der Waals surface area contributed by atoms with Crippen molar-refractivity contribution in [1.82, 2.24) is 25.6 Å². The highest BCUT2D eigenvalue weighted by atomic mass is 19.4. The molecular weight excluding hydrogens is 471 g/mol. The Morgan fingerprint density at radius 1 is 1.26 bits per heavy atom. The molecular formula is C21H24F3N7O4. The predicted octanol–water partition coefficient (Wildman–Crippen LogP) is 1.86. The number of carbonyl (C=O) groups excluding carboxylic acids is 2. The molecule has 2 aromatic heterocycles. The van der Waals surface area contributed by atoms with Gasteiger partial charge < -0.3 is 10.2 Å². The van der Waals surface area contributed by atoms with Crippen LogP contribution in [0, 0.1) is 0 Å². The van der Waals surface area contributed by atoms with Crippen LogP contribution >= 0.6 is 0 Å². The molecule has 0 saturated carbocycles. The molecule has 3 rings (SSSR count). The minimum absolute atomic E-state index is 0.0455. The number of nitrogens with zero attached hydrogens (tertiary/aromatic N) is 4. The van der Waals surface area contributed by atoms with Crippen LogP contribution in [0.25, 0.3) is 0 Å². The van der Waals surface area contributed by atoms with Gasteiger partial charge in [-0.1, -0.05) is 11.6 Å². The van der Waals surface area contributed by atoms with Crippen molar-refractivity contribution in [3.05, 3.63) is 51.7 Å².